The number of carbonyl (C=O) groups excluding carboxylic acids is 1. The van der Waals surface area contributed by atoms with Gasteiger partial charge in [-0.3, -0.25) is 4.79 Å². The van der Waals surface area contributed by atoms with Crippen molar-refractivity contribution in [1.82, 2.24) is 14.5 Å². The molecule has 0 unspecified atom stereocenters. The number of hydrogen-bond donors (Lipinski definition) is 0. The van der Waals surface area contributed by atoms with Crippen LogP contribution in [0.5, 0.6) is 5.75 Å². The average molecular weight is 441 g/mol. The lowest BCUT2D eigenvalue weighted by Gasteiger charge is -2.36. The molecule has 1 amide bonds. The number of benzene rings is 2. The maximum atomic E-state index is 12.4. The van der Waals surface area contributed by atoms with Crippen molar-refractivity contribution < 1.29 is 17.4 Å². The Bertz CT molecular complexity index is 1120. The molecule has 2 heterocycles. The summed E-state index contributed by atoms with van der Waals surface area (Å²) in [6, 6.07) is 13.5. The number of amides is 1. The van der Waals surface area contributed by atoms with Gasteiger partial charge in [0.2, 0.25) is 5.91 Å². The number of nitrogens with zero attached hydrogens (tertiary/aromatic N) is 4. The number of imidazole rings is 1. The molecule has 0 atom stereocenters. The van der Waals surface area contributed by atoms with Gasteiger partial charge in [0.1, 0.15) is 17.2 Å². The van der Waals surface area contributed by atoms with Crippen molar-refractivity contribution in [2.75, 3.05) is 31.1 Å². The third kappa shape index (κ3) is 5.05. The third-order valence-electron chi connectivity index (χ3n) is 5.23. The van der Waals surface area contributed by atoms with Crippen molar-refractivity contribution in [2.24, 2.45) is 0 Å². The molecule has 0 radical (unpaired) electrons. The zero-order chi connectivity index (χ0) is 21.8. The highest BCUT2D eigenvalue weighted by Gasteiger charge is 2.22. The second kappa shape index (κ2) is 8.81. The standard InChI is InChI=1S/C22H24N4O4S/c1-18-2-8-21(9-3-18)31(28,29)30-20-6-4-19(5-7-20)25-12-14-26(15-13-25)22(27)16-24-11-10-23-17-24/h2-11,17H,12-16H2,1H3. The molecule has 2 aromatic carbocycles. The molecular weight excluding hydrogens is 416 g/mol. The van der Waals surface area contributed by atoms with Crippen LogP contribution in [0.25, 0.3) is 0 Å². The summed E-state index contributed by atoms with van der Waals surface area (Å²) in [6.45, 7) is 4.86. The van der Waals surface area contributed by atoms with Crippen LogP contribution >= 0.6 is 0 Å². The molecule has 1 aliphatic rings. The van der Waals surface area contributed by atoms with Gasteiger partial charge >= 0.3 is 10.1 Å². The molecule has 9 heteroatoms. The molecule has 1 fully saturated rings. The molecule has 1 aliphatic heterocycles. The van der Waals surface area contributed by atoms with Crippen molar-refractivity contribution in [3.63, 3.8) is 0 Å². The second-order valence-electron chi connectivity index (χ2n) is 7.45. The molecule has 1 saturated heterocycles. The van der Waals surface area contributed by atoms with Crippen molar-refractivity contribution in [1.29, 1.82) is 0 Å². The first-order chi connectivity index (χ1) is 14.9. The van der Waals surface area contributed by atoms with E-state index < -0.39 is 10.1 Å². The minimum atomic E-state index is -3.87. The van der Waals surface area contributed by atoms with Crippen LogP contribution in [0.2, 0.25) is 0 Å². The third-order valence-corrected chi connectivity index (χ3v) is 6.49. The Morgan fingerprint density at radius 1 is 1.00 bits per heavy atom. The first-order valence-electron chi connectivity index (χ1n) is 10.0. The molecule has 0 bridgehead atoms. The Balaban J connectivity index is 1.33. The molecule has 8 nitrogen and oxygen atoms in total. The summed E-state index contributed by atoms with van der Waals surface area (Å²) >= 11 is 0. The Labute approximate surface area is 181 Å². The van der Waals surface area contributed by atoms with Crippen molar-refractivity contribution in [2.45, 2.75) is 18.4 Å². The van der Waals surface area contributed by atoms with E-state index in [9.17, 15) is 13.2 Å². The summed E-state index contributed by atoms with van der Waals surface area (Å²) in [5, 5.41) is 0. The van der Waals surface area contributed by atoms with Gasteiger partial charge in [-0.05, 0) is 43.3 Å². The number of rotatable bonds is 6. The smallest absolute Gasteiger partial charge is 0.339 e. The lowest BCUT2D eigenvalue weighted by atomic mass is 10.2. The summed E-state index contributed by atoms with van der Waals surface area (Å²) in [7, 11) is -3.87. The number of piperazine rings is 1. The number of anilines is 1. The largest absolute Gasteiger partial charge is 0.379 e. The highest BCUT2D eigenvalue weighted by molar-refractivity contribution is 7.87. The average Bonchev–Trinajstić information content (AvgIpc) is 3.27. The van der Waals surface area contributed by atoms with Crippen LogP contribution in [0.3, 0.4) is 0 Å². The summed E-state index contributed by atoms with van der Waals surface area (Å²) in [5.41, 5.74) is 1.94. The topological polar surface area (TPSA) is 84.7 Å². The molecule has 162 valence electrons. The van der Waals surface area contributed by atoms with E-state index in [0.29, 0.717) is 32.7 Å². The Hall–Kier alpha value is -3.33. The predicted molar refractivity (Wildman–Crippen MR) is 116 cm³/mol. The van der Waals surface area contributed by atoms with E-state index in [1.165, 1.54) is 12.1 Å². The highest BCUT2D eigenvalue weighted by Crippen LogP contribution is 2.24. The van der Waals surface area contributed by atoms with Crippen LogP contribution in [-0.4, -0.2) is 55.0 Å². The first-order valence-corrected chi connectivity index (χ1v) is 11.4. The predicted octanol–water partition coefficient (Wildman–Crippen LogP) is 2.31. The zero-order valence-electron chi connectivity index (χ0n) is 17.2. The minimum absolute atomic E-state index is 0.0720. The van der Waals surface area contributed by atoms with Crippen LogP contribution < -0.4 is 9.08 Å². The van der Waals surface area contributed by atoms with Crippen LogP contribution in [-0.2, 0) is 21.5 Å². The normalized spacial score (nSPS) is 14.5. The Morgan fingerprint density at radius 3 is 2.29 bits per heavy atom. The molecule has 0 saturated carbocycles. The van der Waals surface area contributed by atoms with Crippen molar-refractivity contribution in [3.05, 3.63) is 72.8 Å². The first kappa shape index (κ1) is 20.9. The quantitative estimate of drug-likeness (QED) is 0.547. The van der Waals surface area contributed by atoms with Gasteiger partial charge < -0.3 is 18.6 Å². The van der Waals surface area contributed by atoms with Gasteiger partial charge in [0.15, 0.2) is 0 Å². The van der Waals surface area contributed by atoms with Gasteiger partial charge in [0.05, 0.1) is 6.33 Å². The van der Waals surface area contributed by atoms with Crippen molar-refractivity contribution >= 4 is 21.7 Å². The molecule has 1 aromatic heterocycles. The van der Waals surface area contributed by atoms with Gasteiger partial charge in [0.25, 0.3) is 0 Å². The lowest BCUT2D eigenvalue weighted by molar-refractivity contribution is -0.132. The second-order valence-corrected chi connectivity index (χ2v) is 8.99. The fourth-order valence-corrected chi connectivity index (χ4v) is 4.37. The van der Waals surface area contributed by atoms with E-state index in [1.807, 2.05) is 24.0 Å². The van der Waals surface area contributed by atoms with Gasteiger partial charge in [-0.15, -0.1) is 0 Å². The van der Waals surface area contributed by atoms with Gasteiger partial charge in [-0.25, -0.2) is 4.98 Å². The summed E-state index contributed by atoms with van der Waals surface area (Å²) in [6.07, 6.45) is 5.07. The number of aromatic nitrogens is 2. The van der Waals surface area contributed by atoms with E-state index in [1.54, 1.807) is 47.6 Å². The van der Waals surface area contributed by atoms with Crippen LogP contribution in [0.1, 0.15) is 5.56 Å². The van der Waals surface area contributed by atoms with E-state index in [0.717, 1.165) is 11.3 Å². The van der Waals surface area contributed by atoms with E-state index in [2.05, 4.69) is 9.88 Å². The highest BCUT2D eigenvalue weighted by atomic mass is 32.2. The van der Waals surface area contributed by atoms with E-state index >= 15 is 0 Å². The fourth-order valence-electron chi connectivity index (χ4n) is 3.44. The summed E-state index contributed by atoms with van der Waals surface area (Å²) in [4.78, 5) is 20.5. The van der Waals surface area contributed by atoms with E-state index in [4.69, 9.17) is 4.18 Å². The molecule has 0 spiro atoms. The van der Waals surface area contributed by atoms with Gasteiger partial charge in [0, 0.05) is 44.3 Å². The summed E-state index contributed by atoms with van der Waals surface area (Å²) in [5.74, 6) is 0.334. The minimum Gasteiger partial charge on any atom is -0.379 e. The molecule has 0 aliphatic carbocycles. The SMILES string of the molecule is Cc1ccc(S(=O)(=O)Oc2ccc(N3CCN(C(=O)Cn4ccnc4)CC3)cc2)cc1. The fraction of sp³-hybridized carbons (Fsp3) is 0.273. The summed E-state index contributed by atoms with van der Waals surface area (Å²) < 4.78 is 31.9. The van der Waals surface area contributed by atoms with Crippen LogP contribution in [0.4, 0.5) is 5.69 Å². The maximum Gasteiger partial charge on any atom is 0.339 e. The zero-order valence-corrected chi connectivity index (χ0v) is 18.0. The number of hydrogen-bond acceptors (Lipinski definition) is 6. The Kier molecular flexibility index (Phi) is 5.94. The monoisotopic (exact) mass is 440 g/mol. The Morgan fingerprint density at radius 2 is 1.68 bits per heavy atom. The van der Waals surface area contributed by atoms with Gasteiger partial charge in [-0.1, -0.05) is 17.7 Å². The molecule has 31 heavy (non-hydrogen) atoms. The van der Waals surface area contributed by atoms with Crippen molar-refractivity contribution in [3.8, 4) is 5.75 Å². The van der Waals surface area contributed by atoms with E-state index in [-0.39, 0.29) is 16.6 Å². The van der Waals surface area contributed by atoms with Gasteiger partial charge in [-0.2, -0.15) is 8.42 Å². The van der Waals surface area contributed by atoms with Crippen LogP contribution in [0.15, 0.2) is 72.1 Å². The van der Waals surface area contributed by atoms with Crippen LogP contribution in [0, 0.1) is 6.92 Å². The molecule has 0 N–H and O–H groups in total. The molecule has 3 aromatic rings. The molecule has 4 rings (SSSR count). The number of carbonyl (C=O) groups is 1. The lowest BCUT2D eigenvalue weighted by Crippen LogP contribution is -2.49. The maximum absolute atomic E-state index is 12.4. The number of aryl methyl sites for hydroxylation is 1. The molecular formula is C22H24N4O4S.